The fourth-order valence-corrected chi connectivity index (χ4v) is 2.05. The number of hydrogen-bond acceptors (Lipinski definition) is 1. The first kappa shape index (κ1) is 10.9. The molecule has 0 unspecified atom stereocenters. The summed E-state index contributed by atoms with van der Waals surface area (Å²) in [6, 6.07) is 12.7. The van der Waals surface area contributed by atoms with Crippen LogP contribution in [0.3, 0.4) is 0 Å². The number of carbonyl (C=O) groups is 1. The van der Waals surface area contributed by atoms with Gasteiger partial charge in [0, 0.05) is 4.47 Å². The maximum atomic E-state index is 8.00. The van der Waals surface area contributed by atoms with E-state index in [1.165, 1.54) is 16.3 Å². The van der Waals surface area contributed by atoms with Crippen molar-refractivity contribution in [3.05, 3.63) is 46.4 Å². The number of benzene rings is 2. The van der Waals surface area contributed by atoms with E-state index in [9.17, 15) is 0 Å². The Kier molecular flexibility index (Phi) is 3.84. The molecule has 2 heteroatoms. The van der Waals surface area contributed by atoms with Crippen LogP contribution in [0.2, 0.25) is 0 Å². The van der Waals surface area contributed by atoms with Gasteiger partial charge in [-0.15, -0.1) is 0 Å². The van der Waals surface area contributed by atoms with Crippen LogP contribution in [0.5, 0.6) is 0 Å². The van der Waals surface area contributed by atoms with Crippen molar-refractivity contribution < 1.29 is 4.79 Å². The van der Waals surface area contributed by atoms with E-state index in [-0.39, 0.29) is 0 Å². The van der Waals surface area contributed by atoms with E-state index in [1.54, 1.807) is 0 Å². The predicted molar refractivity (Wildman–Crippen MR) is 63.5 cm³/mol. The van der Waals surface area contributed by atoms with E-state index in [4.69, 9.17) is 4.79 Å². The molecule has 2 rings (SSSR count). The zero-order valence-corrected chi connectivity index (χ0v) is 9.54. The van der Waals surface area contributed by atoms with Gasteiger partial charge in [-0.05, 0) is 35.4 Å². The third-order valence-electron chi connectivity index (χ3n) is 2.03. The third kappa shape index (κ3) is 2.20. The predicted octanol–water partition coefficient (Wildman–Crippen LogP) is 3.73. The molecule has 0 radical (unpaired) electrons. The smallest absolute Gasteiger partial charge is 0.106 e. The summed E-state index contributed by atoms with van der Waals surface area (Å²) >= 11 is 3.48. The van der Waals surface area contributed by atoms with Gasteiger partial charge in [0.05, 0.1) is 0 Å². The topological polar surface area (TPSA) is 17.1 Å². The zero-order chi connectivity index (χ0) is 10.6. The Morgan fingerprint density at radius 3 is 2.50 bits per heavy atom. The van der Waals surface area contributed by atoms with Crippen molar-refractivity contribution in [1.82, 2.24) is 0 Å². The summed E-state index contributed by atoms with van der Waals surface area (Å²) in [5.41, 5.74) is 1.32. The van der Waals surface area contributed by atoms with Crippen molar-refractivity contribution in [1.29, 1.82) is 0 Å². The molecular weight excluding hydrogens is 240 g/mol. The summed E-state index contributed by atoms with van der Waals surface area (Å²) in [5, 5.41) is 2.63. The highest BCUT2D eigenvalue weighted by Gasteiger charge is 1.96. The second kappa shape index (κ2) is 4.91. The highest BCUT2D eigenvalue weighted by Crippen LogP contribution is 2.23. The number of rotatable bonds is 0. The molecule has 2 aromatic rings. The van der Waals surface area contributed by atoms with Gasteiger partial charge < -0.3 is 4.79 Å². The van der Waals surface area contributed by atoms with Crippen LogP contribution in [0, 0.1) is 6.92 Å². The Morgan fingerprint density at radius 2 is 1.79 bits per heavy atom. The van der Waals surface area contributed by atoms with Gasteiger partial charge in [0.25, 0.3) is 0 Å². The second-order valence-electron chi connectivity index (χ2n) is 2.94. The van der Waals surface area contributed by atoms with Gasteiger partial charge in [-0.3, -0.25) is 0 Å². The maximum absolute atomic E-state index is 8.00. The molecule has 0 aliphatic heterocycles. The molecule has 0 spiro atoms. The number of aryl methyl sites for hydroxylation is 1. The normalized spacial score (nSPS) is 9.29. The molecular formula is C12H11BrO. The van der Waals surface area contributed by atoms with Gasteiger partial charge in [-0.25, -0.2) is 0 Å². The molecule has 0 aliphatic carbocycles. The molecule has 0 heterocycles. The van der Waals surface area contributed by atoms with Crippen molar-refractivity contribution in [3.8, 4) is 0 Å². The highest BCUT2D eigenvalue weighted by atomic mass is 79.9. The van der Waals surface area contributed by atoms with Gasteiger partial charge >= 0.3 is 0 Å². The molecule has 0 saturated heterocycles. The minimum absolute atomic E-state index is 1.15. The number of fused-ring (bicyclic) bond motifs is 1. The standard InChI is InChI=1S/C11H9Br.CH2O/c1-8-6-10(12)7-9-4-2-3-5-11(8)9;1-2/h2-7H,1H3;1H2. The Hall–Kier alpha value is -1.15. The van der Waals surface area contributed by atoms with Crippen molar-refractivity contribution in [2.75, 3.05) is 0 Å². The summed E-state index contributed by atoms with van der Waals surface area (Å²) in [5.74, 6) is 0. The van der Waals surface area contributed by atoms with Crippen molar-refractivity contribution >= 4 is 33.5 Å². The first-order chi connectivity index (χ1) is 6.77. The Labute approximate surface area is 91.9 Å². The molecule has 1 nitrogen and oxygen atoms in total. The van der Waals surface area contributed by atoms with E-state index < -0.39 is 0 Å². The van der Waals surface area contributed by atoms with Gasteiger partial charge in [0.15, 0.2) is 0 Å². The molecule has 14 heavy (non-hydrogen) atoms. The second-order valence-corrected chi connectivity index (χ2v) is 3.86. The third-order valence-corrected chi connectivity index (χ3v) is 2.49. The minimum Gasteiger partial charge on any atom is -0.307 e. The largest absolute Gasteiger partial charge is 0.307 e. The molecule has 0 atom stereocenters. The average molecular weight is 251 g/mol. The van der Waals surface area contributed by atoms with Gasteiger partial charge in [-0.1, -0.05) is 40.2 Å². The molecule has 0 aliphatic rings. The maximum Gasteiger partial charge on any atom is 0.106 e. The molecule has 0 amide bonds. The summed E-state index contributed by atoms with van der Waals surface area (Å²) in [6.07, 6.45) is 0. The van der Waals surface area contributed by atoms with Crippen molar-refractivity contribution in [3.63, 3.8) is 0 Å². The van der Waals surface area contributed by atoms with Crippen LogP contribution >= 0.6 is 15.9 Å². The molecule has 2 aromatic carbocycles. The van der Waals surface area contributed by atoms with Crippen LogP contribution in [-0.4, -0.2) is 6.79 Å². The van der Waals surface area contributed by atoms with Gasteiger partial charge in [0.2, 0.25) is 0 Å². The quantitative estimate of drug-likeness (QED) is 0.697. The van der Waals surface area contributed by atoms with Crippen LogP contribution in [0.4, 0.5) is 0 Å². The number of hydrogen-bond donors (Lipinski definition) is 0. The van der Waals surface area contributed by atoms with Crippen molar-refractivity contribution in [2.24, 2.45) is 0 Å². The fraction of sp³-hybridized carbons (Fsp3) is 0.0833. The molecule has 0 saturated carbocycles. The Bertz CT molecular complexity index is 437. The summed E-state index contributed by atoms with van der Waals surface area (Å²) in [6.45, 7) is 4.13. The van der Waals surface area contributed by atoms with Crippen LogP contribution in [0.25, 0.3) is 10.8 Å². The lowest BCUT2D eigenvalue weighted by Crippen LogP contribution is -1.77. The van der Waals surface area contributed by atoms with E-state index in [2.05, 4.69) is 59.3 Å². The van der Waals surface area contributed by atoms with Gasteiger partial charge in [-0.2, -0.15) is 0 Å². The fourth-order valence-electron chi connectivity index (χ4n) is 1.46. The Morgan fingerprint density at radius 1 is 1.14 bits per heavy atom. The van der Waals surface area contributed by atoms with E-state index in [0.29, 0.717) is 0 Å². The number of halogens is 1. The van der Waals surface area contributed by atoms with E-state index >= 15 is 0 Å². The van der Waals surface area contributed by atoms with Crippen LogP contribution in [0.15, 0.2) is 40.9 Å². The van der Waals surface area contributed by atoms with Crippen molar-refractivity contribution in [2.45, 2.75) is 6.92 Å². The summed E-state index contributed by atoms with van der Waals surface area (Å²) in [4.78, 5) is 8.00. The zero-order valence-electron chi connectivity index (χ0n) is 7.96. The van der Waals surface area contributed by atoms with Crippen LogP contribution in [-0.2, 0) is 4.79 Å². The SMILES string of the molecule is C=O.Cc1cc(Br)cc2ccccc12. The van der Waals surface area contributed by atoms with Gasteiger partial charge in [0.1, 0.15) is 6.79 Å². The summed E-state index contributed by atoms with van der Waals surface area (Å²) in [7, 11) is 0. The monoisotopic (exact) mass is 250 g/mol. The number of carbonyl (C=O) groups excluding carboxylic acids is 1. The molecule has 72 valence electrons. The first-order valence-corrected chi connectivity index (χ1v) is 5.00. The Balaban J connectivity index is 0.000000461. The minimum atomic E-state index is 1.15. The molecule has 0 bridgehead atoms. The molecule has 0 fully saturated rings. The molecule has 0 N–H and O–H groups in total. The lowest BCUT2D eigenvalue weighted by Gasteiger charge is -2.01. The lowest BCUT2D eigenvalue weighted by molar-refractivity contribution is -0.0979. The van der Waals surface area contributed by atoms with E-state index in [1.807, 2.05) is 6.79 Å². The molecule has 0 aromatic heterocycles. The lowest BCUT2D eigenvalue weighted by atomic mass is 10.1. The summed E-state index contributed by atoms with van der Waals surface area (Å²) < 4.78 is 1.15. The van der Waals surface area contributed by atoms with Crippen LogP contribution < -0.4 is 0 Å². The van der Waals surface area contributed by atoms with E-state index in [0.717, 1.165) is 4.47 Å². The first-order valence-electron chi connectivity index (χ1n) is 4.21. The van der Waals surface area contributed by atoms with Crippen LogP contribution in [0.1, 0.15) is 5.56 Å². The highest BCUT2D eigenvalue weighted by molar-refractivity contribution is 9.10. The average Bonchev–Trinajstić information content (AvgIpc) is 2.20.